The van der Waals surface area contributed by atoms with E-state index in [4.69, 9.17) is 21.6 Å². The quantitative estimate of drug-likeness (QED) is 0.316. The summed E-state index contributed by atoms with van der Waals surface area (Å²) < 4.78 is 1.81. The Labute approximate surface area is 96.7 Å². The van der Waals surface area contributed by atoms with Crippen LogP contribution in [0.25, 0.3) is 0 Å². The molecule has 0 aromatic carbocycles. The van der Waals surface area contributed by atoms with Gasteiger partial charge in [-0.2, -0.15) is 4.53 Å². The zero-order valence-corrected chi connectivity index (χ0v) is 10.7. The van der Waals surface area contributed by atoms with E-state index in [9.17, 15) is 4.79 Å². The number of hydrogen-bond acceptors (Lipinski definition) is 4. The fourth-order valence-corrected chi connectivity index (χ4v) is 1.93. The standard InChI is InChI=1S/C8H18ClN2O3P/c1-3-4-5-6-7-10(15(13)14)11(9)8(2)12/h13-14H,3-7H2,1-2H3. The van der Waals surface area contributed by atoms with Gasteiger partial charge in [-0.1, -0.05) is 26.2 Å². The predicted molar refractivity (Wildman–Crippen MR) is 60.6 cm³/mol. The number of hydrazine groups is 1. The number of carbonyl (C=O) groups is 1. The van der Waals surface area contributed by atoms with Gasteiger partial charge in [-0.05, 0) is 6.42 Å². The zero-order valence-electron chi connectivity index (χ0n) is 9.06. The summed E-state index contributed by atoms with van der Waals surface area (Å²) in [4.78, 5) is 29.0. The normalized spacial score (nSPS) is 11.1. The second-order valence-corrected chi connectivity index (χ2v) is 4.52. The molecule has 90 valence electrons. The monoisotopic (exact) mass is 256 g/mol. The lowest BCUT2D eigenvalue weighted by Crippen LogP contribution is -2.35. The third-order valence-electron chi connectivity index (χ3n) is 1.88. The van der Waals surface area contributed by atoms with E-state index in [-0.39, 0.29) is 0 Å². The van der Waals surface area contributed by atoms with Crippen molar-refractivity contribution in [3.05, 3.63) is 0 Å². The third-order valence-corrected chi connectivity index (χ3v) is 3.20. The Balaban J connectivity index is 3.99. The molecule has 0 unspecified atom stereocenters. The maximum Gasteiger partial charge on any atom is 0.273 e. The maximum atomic E-state index is 10.9. The van der Waals surface area contributed by atoms with Crippen molar-refractivity contribution >= 4 is 26.2 Å². The molecule has 0 radical (unpaired) electrons. The van der Waals surface area contributed by atoms with E-state index < -0.39 is 14.4 Å². The first kappa shape index (κ1) is 15.1. The van der Waals surface area contributed by atoms with Crippen LogP contribution in [0.15, 0.2) is 0 Å². The van der Waals surface area contributed by atoms with Gasteiger partial charge in [0.1, 0.15) is 0 Å². The fraction of sp³-hybridized carbons (Fsp3) is 0.875. The lowest BCUT2D eigenvalue weighted by atomic mass is 10.2. The van der Waals surface area contributed by atoms with Crippen LogP contribution in [0.5, 0.6) is 0 Å². The number of nitrogens with zero attached hydrogens (tertiary/aromatic N) is 2. The van der Waals surface area contributed by atoms with Crippen molar-refractivity contribution < 1.29 is 14.6 Å². The molecule has 0 fully saturated rings. The van der Waals surface area contributed by atoms with Gasteiger partial charge in [0.15, 0.2) is 0 Å². The molecule has 0 bridgehead atoms. The summed E-state index contributed by atoms with van der Waals surface area (Å²) in [5, 5.41) is 0. The second kappa shape index (κ2) is 8.25. The Bertz CT molecular complexity index is 195. The van der Waals surface area contributed by atoms with Gasteiger partial charge in [0.2, 0.25) is 5.91 Å². The molecule has 0 saturated carbocycles. The van der Waals surface area contributed by atoms with E-state index in [1.807, 2.05) is 0 Å². The van der Waals surface area contributed by atoms with Crippen molar-refractivity contribution in [1.29, 1.82) is 0 Å². The Morgan fingerprint density at radius 3 is 2.33 bits per heavy atom. The zero-order chi connectivity index (χ0) is 11.8. The van der Waals surface area contributed by atoms with Gasteiger partial charge in [-0.15, -0.1) is 4.78 Å². The summed E-state index contributed by atoms with van der Waals surface area (Å²) in [6, 6.07) is 0. The van der Waals surface area contributed by atoms with E-state index in [1.54, 1.807) is 0 Å². The minimum atomic E-state index is -2.35. The SMILES string of the molecule is CCCCCCN(N(Cl)C(C)=O)P(O)O. The molecule has 5 nitrogen and oxygen atoms in total. The number of amides is 1. The average molecular weight is 257 g/mol. The van der Waals surface area contributed by atoms with Gasteiger partial charge in [0.25, 0.3) is 8.53 Å². The summed E-state index contributed by atoms with van der Waals surface area (Å²) in [7, 11) is -2.35. The summed E-state index contributed by atoms with van der Waals surface area (Å²) in [5.74, 6) is -0.428. The van der Waals surface area contributed by atoms with Crippen molar-refractivity contribution in [3.63, 3.8) is 0 Å². The van der Waals surface area contributed by atoms with Crippen LogP contribution in [-0.2, 0) is 4.79 Å². The molecule has 0 aromatic heterocycles. The summed E-state index contributed by atoms with van der Waals surface area (Å²) in [6.07, 6.45) is 3.96. The highest BCUT2D eigenvalue weighted by Crippen LogP contribution is 2.33. The van der Waals surface area contributed by atoms with Crippen LogP contribution in [0.3, 0.4) is 0 Å². The van der Waals surface area contributed by atoms with Gasteiger partial charge in [-0.3, -0.25) is 4.79 Å². The first-order chi connectivity index (χ1) is 7.00. The van der Waals surface area contributed by atoms with E-state index in [0.29, 0.717) is 6.54 Å². The van der Waals surface area contributed by atoms with Gasteiger partial charge >= 0.3 is 0 Å². The van der Waals surface area contributed by atoms with Crippen molar-refractivity contribution in [2.45, 2.75) is 39.5 Å². The van der Waals surface area contributed by atoms with Crippen LogP contribution < -0.4 is 0 Å². The van der Waals surface area contributed by atoms with Gasteiger partial charge in [-0.25, -0.2) is 0 Å². The number of rotatable bonds is 7. The van der Waals surface area contributed by atoms with Crippen LogP contribution in [0.1, 0.15) is 39.5 Å². The fourth-order valence-electron chi connectivity index (χ4n) is 1.09. The molecule has 0 aliphatic carbocycles. The molecular formula is C8H18ClN2O3P. The Kier molecular flexibility index (Phi) is 8.29. The molecule has 0 saturated heterocycles. The Morgan fingerprint density at radius 2 is 1.93 bits per heavy atom. The highest BCUT2D eigenvalue weighted by atomic mass is 35.5. The Hall–Kier alpha value is 0.0700. The second-order valence-electron chi connectivity index (χ2n) is 3.20. The molecule has 0 aromatic rings. The van der Waals surface area contributed by atoms with Crippen molar-refractivity contribution in [3.8, 4) is 0 Å². The van der Waals surface area contributed by atoms with Crippen molar-refractivity contribution in [2.24, 2.45) is 0 Å². The van der Waals surface area contributed by atoms with Crippen LogP contribution in [0.2, 0.25) is 0 Å². The summed E-state index contributed by atoms with van der Waals surface area (Å²) in [5.41, 5.74) is 0. The molecule has 1 amide bonds. The molecule has 2 N–H and O–H groups in total. The molecule has 0 heterocycles. The maximum absolute atomic E-state index is 10.9. The molecule has 0 aliphatic heterocycles. The molecular weight excluding hydrogens is 239 g/mol. The molecule has 0 spiro atoms. The number of unbranched alkanes of at least 4 members (excludes halogenated alkanes) is 3. The minimum Gasteiger partial charge on any atom is -0.337 e. The lowest BCUT2D eigenvalue weighted by molar-refractivity contribution is -0.131. The van der Waals surface area contributed by atoms with Crippen molar-refractivity contribution in [2.75, 3.05) is 6.54 Å². The van der Waals surface area contributed by atoms with Crippen LogP contribution >= 0.6 is 20.3 Å². The topological polar surface area (TPSA) is 64.0 Å². The lowest BCUT2D eigenvalue weighted by Gasteiger charge is -2.27. The third kappa shape index (κ3) is 6.28. The van der Waals surface area contributed by atoms with Gasteiger partial charge < -0.3 is 9.79 Å². The molecule has 15 heavy (non-hydrogen) atoms. The van der Waals surface area contributed by atoms with E-state index >= 15 is 0 Å². The smallest absolute Gasteiger partial charge is 0.273 e. The van der Waals surface area contributed by atoms with Crippen LogP contribution in [0, 0.1) is 0 Å². The first-order valence-corrected chi connectivity index (χ1v) is 6.46. The first-order valence-electron chi connectivity index (χ1n) is 4.92. The van der Waals surface area contributed by atoms with E-state index in [2.05, 4.69) is 6.92 Å². The van der Waals surface area contributed by atoms with Crippen LogP contribution in [-0.4, -0.2) is 31.5 Å². The number of carbonyl (C=O) groups excluding carboxylic acids is 1. The number of halogens is 1. The van der Waals surface area contributed by atoms with Crippen molar-refractivity contribution in [1.82, 2.24) is 9.31 Å². The summed E-state index contributed by atoms with van der Waals surface area (Å²) in [6.45, 7) is 3.73. The Morgan fingerprint density at radius 1 is 1.33 bits per heavy atom. The highest BCUT2D eigenvalue weighted by molar-refractivity contribution is 7.42. The largest absolute Gasteiger partial charge is 0.337 e. The van der Waals surface area contributed by atoms with Gasteiger partial charge in [0, 0.05) is 25.2 Å². The average Bonchev–Trinajstić information content (AvgIpc) is 2.16. The highest BCUT2D eigenvalue weighted by Gasteiger charge is 2.22. The predicted octanol–water partition coefficient (Wildman–Crippen LogP) is 2.00. The van der Waals surface area contributed by atoms with Gasteiger partial charge in [0.05, 0.1) is 0 Å². The van der Waals surface area contributed by atoms with E-state index in [0.717, 1.165) is 35.0 Å². The van der Waals surface area contributed by atoms with Crippen LogP contribution in [0.4, 0.5) is 0 Å². The molecule has 7 heteroatoms. The molecule has 0 aliphatic rings. The number of hydrogen-bond donors (Lipinski definition) is 2. The summed E-state index contributed by atoms with van der Waals surface area (Å²) >= 11 is 5.60. The molecule has 0 rings (SSSR count). The van der Waals surface area contributed by atoms with E-state index in [1.165, 1.54) is 6.92 Å². The minimum absolute atomic E-state index is 0.377. The molecule has 0 atom stereocenters.